The molecule has 0 amide bonds. The summed E-state index contributed by atoms with van der Waals surface area (Å²) in [7, 11) is 1.68. The Hall–Kier alpha value is 0.320. The van der Waals surface area contributed by atoms with Gasteiger partial charge < -0.3 is 14.2 Å². The lowest BCUT2D eigenvalue weighted by Gasteiger charge is -2.28. The molecule has 1 unspecified atom stereocenters. The minimum absolute atomic E-state index is 0.650. The molecular weight excluding hydrogens is 310 g/mol. The van der Waals surface area contributed by atoms with Crippen LogP contribution in [0.15, 0.2) is 0 Å². The summed E-state index contributed by atoms with van der Waals surface area (Å²) in [6.07, 6.45) is 5.37. The monoisotopic (exact) mass is 337 g/mol. The number of alkyl halides is 1. The third-order valence-corrected chi connectivity index (χ3v) is 4.25. The molecule has 1 aliphatic rings. The van der Waals surface area contributed by atoms with Crippen LogP contribution in [0.3, 0.4) is 0 Å². The third kappa shape index (κ3) is 8.25. The van der Waals surface area contributed by atoms with Crippen LogP contribution in [0.5, 0.6) is 0 Å². The van der Waals surface area contributed by atoms with E-state index in [-0.39, 0.29) is 0 Å². The lowest BCUT2D eigenvalue weighted by atomic mass is 10.1. The highest BCUT2D eigenvalue weighted by molar-refractivity contribution is 9.09. The second kappa shape index (κ2) is 12.1. The number of rotatable bonds is 10. The molecule has 1 atom stereocenters. The van der Waals surface area contributed by atoms with Crippen molar-refractivity contribution in [2.75, 3.05) is 58.6 Å². The fourth-order valence-corrected chi connectivity index (χ4v) is 3.09. The Labute approximate surface area is 125 Å². The van der Waals surface area contributed by atoms with E-state index in [1.165, 1.54) is 32.2 Å². The van der Waals surface area contributed by atoms with E-state index in [1.807, 2.05) is 0 Å². The third-order valence-electron chi connectivity index (χ3n) is 3.50. The van der Waals surface area contributed by atoms with Crippen molar-refractivity contribution in [3.63, 3.8) is 0 Å². The molecule has 114 valence electrons. The van der Waals surface area contributed by atoms with E-state index >= 15 is 0 Å². The number of likely N-dealkylation sites (tertiary alicyclic amines) is 1. The van der Waals surface area contributed by atoms with E-state index < -0.39 is 0 Å². The molecule has 0 radical (unpaired) electrons. The highest BCUT2D eigenvalue weighted by atomic mass is 79.9. The molecule has 0 aromatic rings. The van der Waals surface area contributed by atoms with Crippen molar-refractivity contribution >= 4 is 15.9 Å². The zero-order chi connectivity index (χ0) is 13.8. The molecule has 0 bridgehead atoms. The van der Waals surface area contributed by atoms with Crippen LogP contribution in [0.25, 0.3) is 0 Å². The van der Waals surface area contributed by atoms with Gasteiger partial charge in [0.2, 0.25) is 0 Å². The topological polar surface area (TPSA) is 30.9 Å². The summed E-state index contributed by atoms with van der Waals surface area (Å²) in [5.41, 5.74) is 0. The highest BCUT2D eigenvalue weighted by Crippen LogP contribution is 2.17. The summed E-state index contributed by atoms with van der Waals surface area (Å²) in [5, 5.41) is 1.08. The molecule has 0 aliphatic carbocycles. The van der Waals surface area contributed by atoms with Crippen LogP contribution >= 0.6 is 15.9 Å². The Morgan fingerprint density at radius 1 is 1.00 bits per heavy atom. The van der Waals surface area contributed by atoms with E-state index in [1.54, 1.807) is 7.11 Å². The van der Waals surface area contributed by atoms with E-state index in [2.05, 4.69) is 20.8 Å². The molecular formula is C14H28BrNO3. The number of hydrogen-bond acceptors (Lipinski definition) is 4. The molecule has 0 aromatic carbocycles. The molecule has 0 spiro atoms. The molecule has 1 fully saturated rings. The Morgan fingerprint density at radius 2 is 1.74 bits per heavy atom. The van der Waals surface area contributed by atoms with Gasteiger partial charge in [-0.3, -0.25) is 4.90 Å². The van der Waals surface area contributed by atoms with E-state index in [0.29, 0.717) is 32.5 Å². The maximum atomic E-state index is 5.63. The van der Waals surface area contributed by atoms with E-state index in [0.717, 1.165) is 18.5 Å². The first kappa shape index (κ1) is 17.4. The second-order valence-electron chi connectivity index (χ2n) is 4.91. The number of hydrogen-bond donors (Lipinski definition) is 0. The SMILES string of the molecule is COCCOCCOCCN1CCCCCC1CBr. The van der Waals surface area contributed by atoms with Crippen LogP contribution in [0.2, 0.25) is 0 Å². The summed E-state index contributed by atoms with van der Waals surface area (Å²) < 4.78 is 15.9. The lowest BCUT2D eigenvalue weighted by Crippen LogP contribution is -2.38. The largest absolute Gasteiger partial charge is 0.382 e. The molecule has 1 rings (SSSR count). The molecule has 0 saturated carbocycles. The van der Waals surface area contributed by atoms with Gasteiger partial charge in [-0.25, -0.2) is 0 Å². The van der Waals surface area contributed by atoms with Crippen molar-refractivity contribution in [1.29, 1.82) is 0 Å². The van der Waals surface area contributed by atoms with Crippen LogP contribution in [0.1, 0.15) is 25.7 Å². The molecule has 0 aromatic heterocycles. The van der Waals surface area contributed by atoms with Crippen molar-refractivity contribution in [3.8, 4) is 0 Å². The molecule has 1 saturated heterocycles. The zero-order valence-corrected chi connectivity index (χ0v) is 13.7. The van der Waals surface area contributed by atoms with Crippen LogP contribution in [0.4, 0.5) is 0 Å². The van der Waals surface area contributed by atoms with Crippen LogP contribution in [0, 0.1) is 0 Å². The van der Waals surface area contributed by atoms with Crippen molar-refractivity contribution in [1.82, 2.24) is 4.90 Å². The Bertz CT molecular complexity index is 207. The van der Waals surface area contributed by atoms with Crippen LogP contribution in [-0.4, -0.2) is 69.5 Å². The first-order valence-corrected chi connectivity index (χ1v) is 8.45. The van der Waals surface area contributed by atoms with Gasteiger partial charge in [-0.1, -0.05) is 28.8 Å². The highest BCUT2D eigenvalue weighted by Gasteiger charge is 2.19. The molecule has 5 heteroatoms. The Morgan fingerprint density at radius 3 is 2.47 bits per heavy atom. The summed E-state index contributed by atoms with van der Waals surface area (Å²) in [5.74, 6) is 0. The summed E-state index contributed by atoms with van der Waals surface area (Å²) >= 11 is 3.63. The lowest BCUT2D eigenvalue weighted by molar-refractivity contribution is 0.0174. The van der Waals surface area contributed by atoms with Gasteiger partial charge in [0.1, 0.15) is 0 Å². The first-order chi connectivity index (χ1) is 9.38. The number of methoxy groups -OCH3 is 1. The van der Waals surface area contributed by atoms with Crippen molar-refractivity contribution in [2.45, 2.75) is 31.7 Å². The molecule has 0 N–H and O–H groups in total. The maximum Gasteiger partial charge on any atom is 0.0701 e. The van der Waals surface area contributed by atoms with Gasteiger partial charge in [-0.15, -0.1) is 0 Å². The van der Waals surface area contributed by atoms with Gasteiger partial charge in [0.05, 0.1) is 33.0 Å². The standard InChI is InChI=1S/C14H28BrNO3/c1-17-9-10-19-12-11-18-8-7-16-6-4-2-3-5-14(16)13-15/h14H,2-13H2,1H3. The quantitative estimate of drug-likeness (QED) is 0.452. The van der Waals surface area contributed by atoms with Gasteiger partial charge in [-0.05, 0) is 19.4 Å². The van der Waals surface area contributed by atoms with Gasteiger partial charge in [0, 0.05) is 25.0 Å². The van der Waals surface area contributed by atoms with E-state index in [4.69, 9.17) is 14.2 Å². The normalized spacial score (nSPS) is 21.5. The zero-order valence-electron chi connectivity index (χ0n) is 12.1. The van der Waals surface area contributed by atoms with Crippen molar-refractivity contribution < 1.29 is 14.2 Å². The number of ether oxygens (including phenoxy) is 3. The maximum absolute atomic E-state index is 5.63. The minimum Gasteiger partial charge on any atom is -0.382 e. The fourth-order valence-electron chi connectivity index (χ4n) is 2.35. The number of halogens is 1. The average Bonchev–Trinajstić information content (AvgIpc) is 2.66. The van der Waals surface area contributed by atoms with Crippen molar-refractivity contribution in [2.24, 2.45) is 0 Å². The van der Waals surface area contributed by atoms with Crippen LogP contribution in [-0.2, 0) is 14.2 Å². The molecule has 1 heterocycles. The molecule has 1 aliphatic heterocycles. The van der Waals surface area contributed by atoms with Crippen LogP contribution < -0.4 is 0 Å². The predicted octanol–water partition coefficient (Wildman–Crippen LogP) is 2.31. The van der Waals surface area contributed by atoms with Gasteiger partial charge >= 0.3 is 0 Å². The summed E-state index contributed by atoms with van der Waals surface area (Å²) in [4.78, 5) is 2.56. The average molecular weight is 338 g/mol. The molecule has 19 heavy (non-hydrogen) atoms. The number of nitrogens with zero attached hydrogens (tertiary/aromatic N) is 1. The fraction of sp³-hybridized carbons (Fsp3) is 1.00. The summed E-state index contributed by atoms with van der Waals surface area (Å²) in [6.45, 7) is 5.69. The predicted molar refractivity (Wildman–Crippen MR) is 81.1 cm³/mol. The first-order valence-electron chi connectivity index (χ1n) is 7.33. The summed E-state index contributed by atoms with van der Waals surface area (Å²) in [6, 6.07) is 0.684. The second-order valence-corrected chi connectivity index (χ2v) is 5.56. The van der Waals surface area contributed by atoms with Gasteiger partial charge in [-0.2, -0.15) is 0 Å². The van der Waals surface area contributed by atoms with Gasteiger partial charge in [0.15, 0.2) is 0 Å². The molecule has 4 nitrogen and oxygen atoms in total. The Balaban J connectivity index is 2.00. The Kier molecular flexibility index (Phi) is 11.1. The van der Waals surface area contributed by atoms with E-state index in [9.17, 15) is 0 Å². The smallest absolute Gasteiger partial charge is 0.0701 e. The van der Waals surface area contributed by atoms with Gasteiger partial charge in [0.25, 0.3) is 0 Å². The van der Waals surface area contributed by atoms with Crippen molar-refractivity contribution in [3.05, 3.63) is 0 Å². The minimum atomic E-state index is 0.650.